The van der Waals surface area contributed by atoms with Crippen LogP contribution in [-0.2, 0) is 4.79 Å². The maximum absolute atomic E-state index is 12.1. The summed E-state index contributed by atoms with van der Waals surface area (Å²) in [7, 11) is 0. The molecule has 2 aliphatic rings. The van der Waals surface area contributed by atoms with Gasteiger partial charge >= 0.3 is 0 Å². The van der Waals surface area contributed by atoms with Gasteiger partial charge in [0.2, 0.25) is 5.91 Å². The van der Waals surface area contributed by atoms with Gasteiger partial charge < -0.3 is 10.2 Å². The molecule has 1 unspecified atom stereocenters. The predicted molar refractivity (Wildman–Crippen MR) is 72.1 cm³/mol. The first-order valence-electron chi connectivity index (χ1n) is 6.50. The summed E-state index contributed by atoms with van der Waals surface area (Å²) in [5.41, 5.74) is 0.460. The first-order valence-corrected chi connectivity index (χ1v) is 6.88. The molecule has 1 heterocycles. The van der Waals surface area contributed by atoms with Gasteiger partial charge in [-0.05, 0) is 25.0 Å². The highest BCUT2D eigenvalue weighted by atomic mass is 35.5. The van der Waals surface area contributed by atoms with Crippen LogP contribution in [0.25, 0.3) is 0 Å². The lowest BCUT2D eigenvalue weighted by Crippen LogP contribution is -2.37. The lowest BCUT2D eigenvalue weighted by molar-refractivity contribution is -0.128. The van der Waals surface area contributed by atoms with E-state index in [-0.39, 0.29) is 17.9 Å². The van der Waals surface area contributed by atoms with Crippen LogP contribution in [0.15, 0.2) is 24.3 Å². The molecule has 1 atom stereocenters. The molecule has 2 fully saturated rings. The minimum absolute atomic E-state index is 0.100. The molecule has 1 N–H and O–H groups in total. The van der Waals surface area contributed by atoms with E-state index < -0.39 is 0 Å². The van der Waals surface area contributed by atoms with E-state index >= 15 is 0 Å². The molecular formula is C14H15ClN2O2. The summed E-state index contributed by atoms with van der Waals surface area (Å²) in [6.45, 7) is 0.625. The summed E-state index contributed by atoms with van der Waals surface area (Å²) in [6, 6.07) is 7.25. The summed E-state index contributed by atoms with van der Waals surface area (Å²) in [5.74, 6) is -0.0620. The third kappa shape index (κ3) is 2.59. The fraction of sp³-hybridized carbons (Fsp3) is 0.429. The van der Waals surface area contributed by atoms with E-state index in [0.717, 1.165) is 12.8 Å². The van der Waals surface area contributed by atoms with Crippen LogP contribution in [0.2, 0.25) is 5.02 Å². The number of hydrogen-bond acceptors (Lipinski definition) is 2. The third-order valence-corrected chi connectivity index (χ3v) is 3.93. The summed E-state index contributed by atoms with van der Waals surface area (Å²) in [5, 5.41) is 3.33. The molecule has 19 heavy (non-hydrogen) atoms. The highest BCUT2D eigenvalue weighted by Gasteiger charge is 2.39. The molecule has 0 spiro atoms. The number of benzene rings is 1. The van der Waals surface area contributed by atoms with Gasteiger partial charge in [0.1, 0.15) is 0 Å². The third-order valence-electron chi connectivity index (χ3n) is 3.60. The Morgan fingerprint density at radius 1 is 1.32 bits per heavy atom. The van der Waals surface area contributed by atoms with E-state index in [1.165, 1.54) is 0 Å². The molecule has 1 saturated carbocycles. The number of carbonyl (C=O) groups excluding carboxylic acids is 2. The van der Waals surface area contributed by atoms with Gasteiger partial charge in [0.15, 0.2) is 0 Å². The largest absolute Gasteiger partial charge is 0.347 e. The number of rotatable bonds is 3. The number of hydrogen-bond donors (Lipinski definition) is 1. The van der Waals surface area contributed by atoms with Gasteiger partial charge in [-0.1, -0.05) is 23.7 Å². The predicted octanol–water partition coefficient (Wildman–Crippen LogP) is 1.83. The number of carbonyl (C=O) groups is 2. The lowest BCUT2D eigenvalue weighted by Gasteiger charge is -2.16. The van der Waals surface area contributed by atoms with Crippen LogP contribution < -0.4 is 5.32 Å². The quantitative estimate of drug-likeness (QED) is 0.917. The Balaban J connectivity index is 1.64. The molecule has 5 heteroatoms. The van der Waals surface area contributed by atoms with E-state index in [9.17, 15) is 9.59 Å². The summed E-state index contributed by atoms with van der Waals surface area (Å²) < 4.78 is 0. The van der Waals surface area contributed by atoms with E-state index in [0.29, 0.717) is 29.6 Å². The maximum atomic E-state index is 12.1. The van der Waals surface area contributed by atoms with Crippen LogP contribution in [0.5, 0.6) is 0 Å². The molecule has 3 rings (SSSR count). The second kappa shape index (κ2) is 4.85. The lowest BCUT2D eigenvalue weighted by atomic mass is 10.2. The topological polar surface area (TPSA) is 49.4 Å². The van der Waals surface area contributed by atoms with Crippen molar-refractivity contribution in [2.24, 2.45) is 0 Å². The zero-order chi connectivity index (χ0) is 13.4. The average Bonchev–Trinajstić information content (AvgIpc) is 3.15. The fourth-order valence-electron chi connectivity index (χ4n) is 2.48. The van der Waals surface area contributed by atoms with Crippen LogP contribution >= 0.6 is 11.6 Å². The minimum Gasteiger partial charge on any atom is -0.347 e. The first kappa shape index (κ1) is 12.5. The average molecular weight is 279 g/mol. The zero-order valence-corrected chi connectivity index (χ0v) is 11.2. The number of likely N-dealkylation sites (tertiary alicyclic amines) is 1. The van der Waals surface area contributed by atoms with Gasteiger partial charge in [-0.25, -0.2) is 0 Å². The van der Waals surface area contributed by atoms with Crippen molar-refractivity contribution in [2.75, 3.05) is 6.54 Å². The Bertz CT molecular complexity index is 528. The fourth-order valence-corrected chi connectivity index (χ4v) is 2.70. The summed E-state index contributed by atoms with van der Waals surface area (Å²) in [4.78, 5) is 25.8. The molecule has 1 aliphatic carbocycles. The minimum atomic E-state index is -0.207. The van der Waals surface area contributed by atoms with Crippen LogP contribution in [-0.4, -0.2) is 35.3 Å². The second-order valence-electron chi connectivity index (χ2n) is 5.13. The summed E-state index contributed by atoms with van der Waals surface area (Å²) in [6.07, 6.45) is 2.58. The monoisotopic (exact) mass is 278 g/mol. The molecule has 1 aliphatic heterocycles. The van der Waals surface area contributed by atoms with Gasteiger partial charge in [-0.15, -0.1) is 0 Å². The van der Waals surface area contributed by atoms with Crippen LogP contribution in [0.3, 0.4) is 0 Å². The molecule has 2 amide bonds. The van der Waals surface area contributed by atoms with Gasteiger partial charge in [0, 0.05) is 19.0 Å². The van der Waals surface area contributed by atoms with E-state index in [4.69, 9.17) is 11.6 Å². The number of nitrogens with one attached hydrogen (secondary N) is 1. The van der Waals surface area contributed by atoms with Crippen molar-refractivity contribution in [3.63, 3.8) is 0 Å². The van der Waals surface area contributed by atoms with Crippen molar-refractivity contribution in [3.05, 3.63) is 34.9 Å². The number of nitrogens with zero attached hydrogens (tertiary/aromatic N) is 1. The molecule has 1 aromatic carbocycles. The Morgan fingerprint density at radius 2 is 2.05 bits per heavy atom. The van der Waals surface area contributed by atoms with Crippen LogP contribution in [0.1, 0.15) is 29.6 Å². The molecule has 4 nitrogen and oxygen atoms in total. The van der Waals surface area contributed by atoms with E-state index in [2.05, 4.69) is 5.32 Å². The number of halogens is 1. The Kier molecular flexibility index (Phi) is 3.19. The second-order valence-corrected chi connectivity index (χ2v) is 5.54. The molecular weight excluding hydrogens is 264 g/mol. The van der Waals surface area contributed by atoms with Gasteiger partial charge in [-0.2, -0.15) is 0 Å². The number of amides is 2. The summed E-state index contributed by atoms with van der Waals surface area (Å²) >= 11 is 5.98. The first-order chi connectivity index (χ1) is 9.15. The standard InChI is InChI=1S/C14H15ClN2O2/c15-12-4-2-1-3-11(12)14(19)16-9-7-13(18)17(8-9)10-5-6-10/h1-4,9-10H,5-8H2,(H,16,19). The van der Waals surface area contributed by atoms with Gasteiger partial charge in [-0.3, -0.25) is 9.59 Å². The SMILES string of the molecule is O=C(NC1CC(=O)N(C2CC2)C1)c1ccccc1Cl. The Labute approximate surface area is 116 Å². The van der Waals surface area contributed by atoms with E-state index in [1.54, 1.807) is 24.3 Å². The maximum Gasteiger partial charge on any atom is 0.253 e. The van der Waals surface area contributed by atoms with E-state index in [1.807, 2.05) is 4.90 Å². The van der Waals surface area contributed by atoms with Crippen molar-refractivity contribution >= 4 is 23.4 Å². The van der Waals surface area contributed by atoms with Crippen molar-refractivity contribution in [3.8, 4) is 0 Å². The van der Waals surface area contributed by atoms with Gasteiger partial charge in [0.05, 0.1) is 16.6 Å². The van der Waals surface area contributed by atoms with Crippen molar-refractivity contribution in [2.45, 2.75) is 31.3 Å². The molecule has 0 bridgehead atoms. The molecule has 0 radical (unpaired) electrons. The van der Waals surface area contributed by atoms with Gasteiger partial charge in [0.25, 0.3) is 5.91 Å². The normalized spacial score (nSPS) is 22.7. The van der Waals surface area contributed by atoms with Crippen LogP contribution in [0, 0.1) is 0 Å². The molecule has 1 saturated heterocycles. The Morgan fingerprint density at radius 3 is 2.74 bits per heavy atom. The van der Waals surface area contributed by atoms with Crippen molar-refractivity contribution < 1.29 is 9.59 Å². The highest BCUT2D eigenvalue weighted by Crippen LogP contribution is 2.30. The van der Waals surface area contributed by atoms with Crippen molar-refractivity contribution in [1.82, 2.24) is 10.2 Å². The molecule has 0 aromatic heterocycles. The molecule has 1 aromatic rings. The highest BCUT2D eigenvalue weighted by molar-refractivity contribution is 6.33. The smallest absolute Gasteiger partial charge is 0.253 e. The molecule has 100 valence electrons. The zero-order valence-electron chi connectivity index (χ0n) is 10.4. The van der Waals surface area contributed by atoms with Crippen LogP contribution in [0.4, 0.5) is 0 Å². The Hall–Kier alpha value is -1.55. The van der Waals surface area contributed by atoms with Crippen molar-refractivity contribution in [1.29, 1.82) is 0 Å².